The van der Waals surface area contributed by atoms with Crippen LogP contribution in [0.25, 0.3) is 0 Å². The lowest BCUT2D eigenvalue weighted by atomic mass is 9.99. The van der Waals surface area contributed by atoms with Crippen molar-refractivity contribution in [1.29, 1.82) is 0 Å². The maximum absolute atomic E-state index is 10.9. The summed E-state index contributed by atoms with van der Waals surface area (Å²) in [5.74, 6) is 0. The van der Waals surface area contributed by atoms with Crippen molar-refractivity contribution in [2.75, 3.05) is 4.90 Å². The molecule has 1 aliphatic carbocycles. The Hall–Kier alpha value is -2.27. The molecule has 4 nitrogen and oxygen atoms in total. The van der Waals surface area contributed by atoms with Crippen LogP contribution in [0.5, 0.6) is 0 Å². The van der Waals surface area contributed by atoms with E-state index in [0.29, 0.717) is 6.42 Å². The zero-order valence-electron chi connectivity index (χ0n) is 10.4. The van der Waals surface area contributed by atoms with Gasteiger partial charge in [0, 0.05) is 16.5 Å². The fourth-order valence-electron chi connectivity index (χ4n) is 2.64. The van der Waals surface area contributed by atoms with E-state index >= 15 is 0 Å². The van der Waals surface area contributed by atoms with Crippen molar-refractivity contribution >= 4 is 17.4 Å². The Morgan fingerprint density at radius 2 is 2.10 bits per heavy atom. The number of nitrogens with zero attached hydrogens (tertiary/aromatic N) is 2. The van der Waals surface area contributed by atoms with Gasteiger partial charge < -0.3 is 4.90 Å². The number of allylic oxidation sites excluding steroid dienone is 4. The highest BCUT2D eigenvalue weighted by Gasteiger charge is 2.32. The van der Waals surface area contributed by atoms with Crippen LogP contribution in [0.2, 0.25) is 0 Å². The standard InChI is InChI=1S/C15H10N2O2S/c18-17(19)11-6-7-12-10(9-11)5-8-15-16(12)13-3-1-2-4-14(13)20-15/h1-5,7-9H,6H2. The van der Waals surface area contributed by atoms with Crippen LogP contribution < -0.4 is 4.90 Å². The topological polar surface area (TPSA) is 46.4 Å². The molecule has 1 aromatic carbocycles. The lowest BCUT2D eigenvalue weighted by Gasteiger charge is -2.28. The Bertz CT molecular complexity index is 759. The molecule has 2 aliphatic heterocycles. The molecule has 3 aliphatic rings. The van der Waals surface area contributed by atoms with Gasteiger partial charge in [-0.25, -0.2) is 0 Å². The smallest absolute Gasteiger partial charge is 0.250 e. The van der Waals surface area contributed by atoms with Crippen LogP contribution >= 0.6 is 11.8 Å². The number of benzene rings is 1. The number of para-hydroxylation sites is 1. The van der Waals surface area contributed by atoms with Crippen molar-refractivity contribution in [2.24, 2.45) is 0 Å². The molecule has 0 spiro atoms. The van der Waals surface area contributed by atoms with Gasteiger partial charge in [0.2, 0.25) is 0 Å². The Kier molecular flexibility index (Phi) is 2.37. The molecule has 0 radical (unpaired) electrons. The third-order valence-electron chi connectivity index (χ3n) is 3.54. The van der Waals surface area contributed by atoms with Gasteiger partial charge >= 0.3 is 0 Å². The van der Waals surface area contributed by atoms with Gasteiger partial charge in [0.1, 0.15) is 0 Å². The maximum atomic E-state index is 10.9. The van der Waals surface area contributed by atoms with E-state index in [1.807, 2.05) is 30.4 Å². The Morgan fingerprint density at radius 3 is 2.95 bits per heavy atom. The third-order valence-corrected chi connectivity index (χ3v) is 4.64. The lowest BCUT2D eigenvalue weighted by Crippen LogP contribution is -2.22. The van der Waals surface area contributed by atoms with Crippen LogP contribution in [0.3, 0.4) is 0 Å². The van der Waals surface area contributed by atoms with Gasteiger partial charge in [0.25, 0.3) is 5.70 Å². The summed E-state index contributed by atoms with van der Waals surface area (Å²) in [7, 11) is 0. The van der Waals surface area contributed by atoms with Gasteiger partial charge in [0.05, 0.1) is 27.8 Å². The number of anilines is 1. The summed E-state index contributed by atoms with van der Waals surface area (Å²) >= 11 is 1.73. The second kappa shape index (κ2) is 4.11. The first kappa shape index (κ1) is 11.5. The summed E-state index contributed by atoms with van der Waals surface area (Å²) in [6.07, 6.45) is 7.97. The summed E-state index contributed by atoms with van der Waals surface area (Å²) in [4.78, 5) is 14.0. The molecule has 98 valence electrons. The van der Waals surface area contributed by atoms with Crippen LogP contribution in [0, 0.1) is 10.1 Å². The fourth-order valence-corrected chi connectivity index (χ4v) is 3.70. The van der Waals surface area contributed by atoms with Crippen molar-refractivity contribution in [3.05, 3.63) is 80.7 Å². The lowest BCUT2D eigenvalue weighted by molar-refractivity contribution is -0.426. The Balaban J connectivity index is 1.81. The molecule has 0 fully saturated rings. The van der Waals surface area contributed by atoms with Gasteiger partial charge in [-0.15, -0.1) is 0 Å². The van der Waals surface area contributed by atoms with E-state index in [0.717, 1.165) is 22.0 Å². The quantitative estimate of drug-likeness (QED) is 0.580. The molecule has 5 heteroatoms. The first-order valence-electron chi connectivity index (χ1n) is 6.28. The summed E-state index contributed by atoms with van der Waals surface area (Å²) in [6.45, 7) is 0. The molecule has 0 saturated carbocycles. The predicted octanol–water partition coefficient (Wildman–Crippen LogP) is 3.83. The highest BCUT2D eigenvalue weighted by atomic mass is 32.2. The van der Waals surface area contributed by atoms with E-state index in [9.17, 15) is 10.1 Å². The average molecular weight is 282 g/mol. The number of thioether (sulfide) groups is 1. The number of rotatable bonds is 1. The van der Waals surface area contributed by atoms with Crippen molar-refractivity contribution in [2.45, 2.75) is 11.3 Å². The minimum atomic E-state index is -0.306. The van der Waals surface area contributed by atoms with E-state index < -0.39 is 0 Å². The molecule has 0 unspecified atom stereocenters. The largest absolute Gasteiger partial charge is 0.303 e. The molecule has 4 rings (SSSR count). The average Bonchev–Trinajstić information content (AvgIpc) is 2.85. The van der Waals surface area contributed by atoms with Crippen LogP contribution in [0.4, 0.5) is 5.69 Å². The highest BCUT2D eigenvalue weighted by molar-refractivity contribution is 8.03. The molecule has 2 heterocycles. The normalized spacial score (nSPS) is 19.1. The number of nitro groups is 1. The van der Waals surface area contributed by atoms with Crippen molar-refractivity contribution < 1.29 is 4.92 Å². The predicted molar refractivity (Wildman–Crippen MR) is 78.7 cm³/mol. The molecule has 0 saturated heterocycles. The zero-order valence-corrected chi connectivity index (χ0v) is 11.3. The second-order valence-corrected chi connectivity index (χ2v) is 5.78. The summed E-state index contributed by atoms with van der Waals surface area (Å²) in [6, 6.07) is 8.22. The molecule has 0 aromatic heterocycles. The maximum Gasteiger partial charge on any atom is 0.250 e. The zero-order chi connectivity index (χ0) is 13.7. The number of fused-ring (bicyclic) bond motifs is 5. The summed E-state index contributed by atoms with van der Waals surface area (Å²) in [5, 5.41) is 12.1. The molecule has 1 aromatic rings. The van der Waals surface area contributed by atoms with Crippen LogP contribution in [-0.2, 0) is 0 Å². The first-order valence-corrected chi connectivity index (χ1v) is 7.10. The minimum Gasteiger partial charge on any atom is -0.303 e. The molecular weight excluding hydrogens is 272 g/mol. The van der Waals surface area contributed by atoms with Crippen molar-refractivity contribution in [3.8, 4) is 0 Å². The van der Waals surface area contributed by atoms with Gasteiger partial charge in [-0.1, -0.05) is 30.0 Å². The Morgan fingerprint density at radius 1 is 1.25 bits per heavy atom. The van der Waals surface area contributed by atoms with Crippen LogP contribution in [0.1, 0.15) is 6.42 Å². The third kappa shape index (κ3) is 1.56. The van der Waals surface area contributed by atoms with Crippen LogP contribution in [0.15, 0.2) is 75.5 Å². The SMILES string of the molecule is O=[N+]([O-])C1=CC2=CC=C3Sc4ccccc4N3C2=CC1. The van der Waals surface area contributed by atoms with Crippen molar-refractivity contribution in [3.63, 3.8) is 0 Å². The fraction of sp³-hybridized carbons (Fsp3) is 0.0667. The van der Waals surface area contributed by atoms with Gasteiger partial charge in [-0.3, -0.25) is 10.1 Å². The van der Waals surface area contributed by atoms with Gasteiger partial charge in [-0.05, 0) is 24.3 Å². The molecule has 0 amide bonds. The summed E-state index contributed by atoms with van der Waals surface area (Å²) in [5.41, 5.74) is 3.35. The highest BCUT2D eigenvalue weighted by Crippen LogP contribution is 2.51. The van der Waals surface area contributed by atoms with Crippen LogP contribution in [-0.4, -0.2) is 4.92 Å². The number of hydrogen-bond acceptors (Lipinski definition) is 4. The molecule has 0 N–H and O–H groups in total. The second-order valence-electron chi connectivity index (χ2n) is 4.72. The van der Waals surface area contributed by atoms with E-state index in [4.69, 9.17) is 0 Å². The minimum absolute atomic E-state index is 0.247. The Labute approximate surface area is 119 Å². The van der Waals surface area contributed by atoms with E-state index in [1.165, 1.54) is 4.90 Å². The van der Waals surface area contributed by atoms with E-state index in [1.54, 1.807) is 17.8 Å². The van der Waals surface area contributed by atoms with E-state index in [2.05, 4.69) is 17.0 Å². The molecule has 0 bridgehead atoms. The number of hydrogen-bond donors (Lipinski definition) is 0. The van der Waals surface area contributed by atoms with Crippen molar-refractivity contribution in [1.82, 2.24) is 0 Å². The van der Waals surface area contributed by atoms with Gasteiger partial charge in [0.15, 0.2) is 0 Å². The summed E-state index contributed by atoms with van der Waals surface area (Å²) < 4.78 is 0. The first-order chi connectivity index (χ1) is 9.74. The monoisotopic (exact) mass is 282 g/mol. The van der Waals surface area contributed by atoms with Gasteiger partial charge in [-0.2, -0.15) is 0 Å². The van der Waals surface area contributed by atoms with E-state index in [-0.39, 0.29) is 10.6 Å². The molecule has 20 heavy (non-hydrogen) atoms. The molecular formula is C15H10N2O2S. The molecule has 0 atom stereocenters.